The molecule has 3 aromatic rings. The molecule has 0 aliphatic heterocycles. The Morgan fingerprint density at radius 1 is 1.06 bits per heavy atom. The number of carbonyl (C=O) groups excluding carboxylic acids is 1. The molecule has 0 spiro atoms. The summed E-state index contributed by atoms with van der Waals surface area (Å²) in [5.41, 5.74) is 3.08. The molecule has 0 saturated carbocycles. The van der Waals surface area contributed by atoms with Gasteiger partial charge < -0.3 is 9.30 Å². The van der Waals surface area contributed by atoms with E-state index in [4.69, 9.17) is 4.74 Å². The summed E-state index contributed by atoms with van der Waals surface area (Å²) < 4.78 is 32.4. The number of carbonyl (C=O) groups is 1. The number of sulfonamides is 1. The quantitative estimate of drug-likeness (QED) is 0.570. The molecule has 0 aliphatic rings. The number of hydrogen-bond acceptors (Lipinski definition) is 6. The second kappa shape index (κ2) is 11.2. The number of nitrogens with one attached hydrogen (secondary N) is 1. The minimum atomic E-state index is -3.78. The number of aromatic nitrogens is 1. The third-order valence-corrected chi connectivity index (χ3v) is 5.52. The summed E-state index contributed by atoms with van der Waals surface area (Å²) in [5.74, 6) is -0.280. The zero-order valence-electron chi connectivity index (χ0n) is 19.7. The molecular weight excluding hydrogens is 452 g/mol. The number of ether oxygens (including phenoxy) is 1. The lowest BCUT2D eigenvalue weighted by Crippen LogP contribution is -2.31. The molecular formula is C25H26N4O4S. The van der Waals surface area contributed by atoms with E-state index < -0.39 is 15.9 Å². The second-order valence-electron chi connectivity index (χ2n) is 7.14. The summed E-state index contributed by atoms with van der Waals surface area (Å²) in [6.45, 7) is 5.89. The summed E-state index contributed by atoms with van der Waals surface area (Å²) in [4.78, 5) is 12.7. The summed E-state index contributed by atoms with van der Waals surface area (Å²) in [6, 6.07) is 18.1. The van der Waals surface area contributed by atoms with Gasteiger partial charge in [0.1, 0.15) is 24.1 Å². The highest BCUT2D eigenvalue weighted by molar-refractivity contribution is 7.89. The van der Waals surface area contributed by atoms with Crippen molar-refractivity contribution < 1.29 is 17.9 Å². The highest BCUT2D eigenvalue weighted by atomic mass is 32.2. The Morgan fingerprint density at radius 3 is 2.24 bits per heavy atom. The minimum Gasteiger partial charge on any atom is -0.489 e. The number of benzene rings is 2. The number of amides is 1. The van der Waals surface area contributed by atoms with Crippen LogP contribution in [0, 0.1) is 29.6 Å². The molecule has 34 heavy (non-hydrogen) atoms. The number of nitrogens with zero attached hydrogens (tertiary/aromatic N) is 3. The van der Waals surface area contributed by atoms with Crippen LogP contribution < -0.4 is 9.46 Å². The summed E-state index contributed by atoms with van der Waals surface area (Å²) in [7, 11) is -2.18. The Morgan fingerprint density at radius 2 is 1.68 bits per heavy atom. The monoisotopic (exact) mass is 478 g/mol. The average Bonchev–Trinajstić information content (AvgIpc) is 3.08. The van der Waals surface area contributed by atoms with Crippen molar-refractivity contribution in [3.63, 3.8) is 0 Å². The molecule has 1 heterocycles. The van der Waals surface area contributed by atoms with Crippen LogP contribution in [0.1, 0.15) is 46.7 Å². The molecule has 0 bridgehead atoms. The Balaban J connectivity index is 0.00000199. The van der Waals surface area contributed by atoms with Crippen molar-refractivity contribution in [2.45, 2.75) is 27.4 Å². The Kier molecular flexibility index (Phi) is 8.60. The maximum atomic E-state index is 12.7. The van der Waals surface area contributed by atoms with Crippen molar-refractivity contribution in [3.8, 4) is 29.0 Å². The van der Waals surface area contributed by atoms with Crippen molar-refractivity contribution in [2.75, 3.05) is 6.26 Å². The molecule has 9 heteroatoms. The van der Waals surface area contributed by atoms with E-state index in [9.17, 15) is 23.7 Å². The van der Waals surface area contributed by atoms with Gasteiger partial charge in [0.25, 0.3) is 5.91 Å². The molecule has 8 nitrogen and oxygen atoms in total. The second-order valence-corrected chi connectivity index (χ2v) is 8.89. The van der Waals surface area contributed by atoms with E-state index in [0.717, 1.165) is 11.8 Å². The van der Waals surface area contributed by atoms with Crippen LogP contribution in [0.15, 0.2) is 48.5 Å². The molecule has 0 saturated heterocycles. The molecule has 176 valence electrons. The number of rotatable bonds is 6. The van der Waals surface area contributed by atoms with Crippen molar-refractivity contribution in [1.29, 1.82) is 10.5 Å². The lowest BCUT2D eigenvalue weighted by Gasteiger charge is -2.10. The molecule has 0 unspecified atom stereocenters. The Bertz CT molecular complexity index is 1380. The van der Waals surface area contributed by atoms with Gasteiger partial charge in [-0.3, -0.25) is 4.79 Å². The van der Waals surface area contributed by atoms with E-state index in [0.29, 0.717) is 28.1 Å². The van der Waals surface area contributed by atoms with E-state index in [2.05, 4.69) is 12.1 Å². The summed E-state index contributed by atoms with van der Waals surface area (Å²) >= 11 is 0. The minimum absolute atomic E-state index is 0.0705. The van der Waals surface area contributed by atoms with Crippen LogP contribution >= 0.6 is 0 Å². The smallest absolute Gasteiger partial charge is 0.282 e. The lowest BCUT2D eigenvalue weighted by atomic mass is 10.0. The van der Waals surface area contributed by atoms with Gasteiger partial charge in [-0.2, -0.15) is 10.5 Å². The first-order valence-electron chi connectivity index (χ1n) is 10.5. The molecule has 1 aromatic heterocycles. The van der Waals surface area contributed by atoms with Crippen LogP contribution in [-0.2, 0) is 23.7 Å². The lowest BCUT2D eigenvalue weighted by molar-refractivity contribution is 0.0974. The third-order valence-electron chi connectivity index (χ3n) is 4.97. The SMILES string of the molecule is CC.Cc1c(C#N)c(-c2ccc(OCc3ccccc3C#N)cc2)c(C(=O)NS(C)(=O)=O)n1C. The van der Waals surface area contributed by atoms with Gasteiger partial charge in [-0.1, -0.05) is 44.2 Å². The predicted octanol–water partition coefficient (Wildman–Crippen LogP) is 4.04. The molecule has 0 radical (unpaired) electrons. The van der Waals surface area contributed by atoms with E-state index >= 15 is 0 Å². The van der Waals surface area contributed by atoms with Gasteiger partial charge in [0.15, 0.2) is 0 Å². The topological polar surface area (TPSA) is 125 Å². The van der Waals surface area contributed by atoms with E-state index in [1.165, 1.54) is 4.57 Å². The van der Waals surface area contributed by atoms with E-state index in [-0.39, 0.29) is 17.9 Å². The van der Waals surface area contributed by atoms with Gasteiger partial charge in [-0.15, -0.1) is 0 Å². The van der Waals surface area contributed by atoms with Crippen LogP contribution in [-0.4, -0.2) is 25.1 Å². The zero-order chi connectivity index (χ0) is 25.5. The van der Waals surface area contributed by atoms with Crippen molar-refractivity contribution >= 4 is 15.9 Å². The first-order valence-corrected chi connectivity index (χ1v) is 12.4. The maximum Gasteiger partial charge on any atom is 0.282 e. The molecule has 1 amide bonds. The summed E-state index contributed by atoms with van der Waals surface area (Å²) in [6.07, 6.45) is 0.891. The van der Waals surface area contributed by atoms with Gasteiger partial charge >= 0.3 is 0 Å². The van der Waals surface area contributed by atoms with Crippen LogP contribution in [0.25, 0.3) is 11.1 Å². The first-order chi connectivity index (χ1) is 16.2. The molecule has 2 aromatic carbocycles. The fourth-order valence-electron chi connectivity index (χ4n) is 3.34. The van der Waals surface area contributed by atoms with Gasteiger partial charge in [0.05, 0.1) is 23.5 Å². The van der Waals surface area contributed by atoms with Gasteiger partial charge in [-0.05, 0) is 30.7 Å². The maximum absolute atomic E-state index is 12.7. The van der Waals surface area contributed by atoms with Gasteiger partial charge in [-0.25, -0.2) is 13.1 Å². The van der Waals surface area contributed by atoms with E-state index in [1.807, 2.05) is 30.7 Å². The summed E-state index contributed by atoms with van der Waals surface area (Å²) in [5, 5.41) is 18.9. The highest BCUT2D eigenvalue weighted by Crippen LogP contribution is 2.33. The molecule has 0 fully saturated rings. The normalized spacial score (nSPS) is 10.3. The third kappa shape index (κ3) is 5.83. The first kappa shape index (κ1) is 26.2. The van der Waals surface area contributed by atoms with Crippen LogP contribution in [0.3, 0.4) is 0 Å². The molecule has 1 N–H and O–H groups in total. The average molecular weight is 479 g/mol. The van der Waals surface area contributed by atoms with Crippen molar-refractivity contribution in [1.82, 2.24) is 9.29 Å². The fraction of sp³-hybridized carbons (Fsp3) is 0.240. The Labute approximate surface area is 200 Å². The number of nitriles is 2. The van der Waals surface area contributed by atoms with Crippen LogP contribution in [0.2, 0.25) is 0 Å². The number of hydrogen-bond donors (Lipinski definition) is 1. The van der Waals surface area contributed by atoms with Gasteiger partial charge in [0, 0.05) is 23.9 Å². The van der Waals surface area contributed by atoms with Crippen LogP contribution in [0.4, 0.5) is 0 Å². The molecule has 3 rings (SSSR count). The fourth-order valence-corrected chi connectivity index (χ4v) is 3.77. The largest absolute Gasteiger partial charge is 0.489 e. The standard InChI is InChI=1S/C23H20N4O4S.C2H6/c1-15-20(13-25)21(22(27(15)2)23(28)26-32(3,29)30)16-8-10-19(11-9-16)31-14-18-7-5-4-6-17(18)12-24;1-2/h4-11H,14H2,1-3H3,(H,26,28);1-2H3. The van der Waals surface area contributed by atoms with E-state index in [1.54, 1.807) is 50.4 Å². The zero-order valence-corrected chi connectivity index (χ0v) is 20.5. The van der Waals surface area contributed by atoms with Gasteiger partial charge in [0.2, 0.25) is 10.0 Å². The highest BCUT2D eigenvalue weighted by Gasteiger charge is 2.26. The molecule has 0 aliphatic carbocycles. The van der Waals surface area contributed by atoms with Crippen LogP contribution in [0.5, 0.6) is 5.75 Å². The predicted molar refractivity (Wildman–Crippen MR) is 129 cm³/mol. The molecule has 0 atom stereocenters. The Hall–Kier alpha value is -4.08. The van der Waals surface area contributed by atoms with Crippen molar-refractivity contribution in [3.05, 3.63) is 76.6 Å². The van der Waals surface area contributed by atoms with Crippen molar-refractivity contribution in [2.24, 2.45) is 7.05 Å².